The Morgan fingerprint density at radius 2 is 1.79 bits per heavy atom. The number of hydrogen-bond acceptors (Lipinski definition) is 9. The highest BCUT2D eigenvalue weighted by molar-refractivity contribution is 6.03. The van der Waals surface area contributed by atoms with E-state index in [0.29, 0.717) is 12.1 Å². The summed E-state index contributed by atoms with van der Waals surface area (Å²) in [5.74, 6) is -4.40. The number of benzene rings is 2. The molecule has 6 rings (SSSR count). The highest BCUT2D eigenvalue weighted by atomic mass is 19.2. The van der Waals surface area contributed by atoms with Crippen LogP contribution in [0.3, 0.4) is 0 Å². The predicted octanol–water partition coefficient (Wildman–Crippen LogP) is 1.84. The van der Waals surface area contributed by atoms with Crippen molar-refractivity contribution in [2.45, 2.75) is 49.4 Å². The van der Waals surface area contributed by atoms with Gasteiger partial charge in [0.1, 0.15) is 36.2 Å². The molecule has 2 aromatic carbocycles. The molecule has 0 bridgehead atoms. The fourth-order valence-corrected chi connectivity index (χ4v) is 5.05. The summed E-state index contributed by atoms with van der Waals surface area (Å²) in [6.45, 7) is -0.547. The van der Waals surface area contributed by atoms with E-state index < -0.39 is 60.6 Å². The highest BCUT2D eigenvalue weighted by Gasteiger charge is 2.47. The van der Waals surface area contributed by atoms with Crippen molar-refractivity contribution in [2.24, 2.45) is 5.16 Å². The molecule has 0 saturated carbocycles. The van der Waals surface area contributed by atoms with Crippen molar-refractivity contribution in [1.29, 1.82) is 0 Å². The van der Waals surface area contributed by atoms with Crippen molar-refractivity contribution in [1.82, 2.24) is 25.2 Å². The molecule has 11 nitrogen and oxygen atoms in total. The van der Waals surface area contributed by atoms with Crippen LogP contribution in [0.5, 0.6) is 0 Å². The molecule has 4 N–H and O–H groups in total. The molecule has 4 aromatic rings. The van der Waals surface area contributed by atoms with Crippen LogP contribution in [-0.2, 0) is 9.57 Å². The van der Waals surface area contributed by atoms with Gasteiger partial charge in [0.15, 0.2) is 17.5 Å². The quantitative estimate of drug-likeness (QED) is 0.269. The van der Waals surface area contributed by atoms with Crippen LogP contribution in [0.1, 0.15) is 24.4 Å². The predicted molar refractivity (Wildman–Crippen MR) is 129 cm³/mol. The SMILES string of the molecule is OC[C@H]1O[C@H](CC2CC(c3ccc4[nH]ncc4c3)=NO2)[C@H](O)[C@@H](n2cc(-c3cc(F)c(F)c(F)c3)nn2)[C@H]1O. The molecule has 1 unspecified atom stereocenters. The van der Waals surface area contributed by atoms with Gasteiger partial charge in [-0.25, -0.2) is 17.9 Å². The average Bonchev–Trinajstić information content (AvgIpc) is 3.69. The van der Waals surface area contributed by atoms with Gasteiger partial charge in [-0.2, -0.15) is 5.10 Å². The van der Waals surface area contributed by atoms with E-state index >= 15 is 0 Å². The molecule has 0 radical (unpaired) electrons. The van der Waals surface area contributed by atoms with Gasteiger partial charge in [0.2, 0.25) is 0 Å². The van der Waals surface area contributed by atoms with Crippen molar-refractivity contribution in [2.75, 3.05) is 6.61 Å². The van der Waals surface area contributed by atoms with Gasteiger partial charge in [-0.1, -0.05) is 16.4 Å². The topological polar surface area (TPSA) is 151 Å². The Hall–Kier alpha value is -3.85. The van der Waals surface area contributed by atoms with Gasteiger partial charge >= 0.3 is 0 Å². The number of halogens is 3. The van der Waals surface area contributed by atoms with Crippen LogP contribution in [-0.4, -0.2) is 83.3 Å². The van der Waals surface area contributed by atoms with Crippen LogP contribution in [0.2, 0.25) is 0 Å². The van der Waals surface area contributed by atoms with Crippen LogP contribution in [0, 0.1) is 17.5 Å². The first kappa shape index (κ1) is 25.4. The minimum atomic E-state index is -1.61. The maximum atomic E-state index is 13.7. The molecule has 0 aliphatic carbocycles. The molecule has 2 aliphatic rings. The van der Waals surface area contributed by atoms with Crippen LogP contribution < -0.4 is 0 Å². The first-order chi connectivity index (χ1) is 18.8. The third-order valence-corrected chi connectivity index (χ3v) is 7.09. The number of oxime groups is 1. The Morgan fingerprint density at radius 1 is 1.03 bits per heavy atom. The molecular formula is C25H23F3N6O5. The van der Waals surface area contributed by atoms with Crippen molar-refractivity contribution >= 4 is 16.6 Å². The number of aromatic nitrogens is 5. The standard InChI is InChI=1S/C25H23F3N6O5/c26-15-4-12(5-16(27)22(15)28)19-9-34(33-31-19)23-24(36)20(38-21(10-35)25(23)37)7-14-6-18(32-39-14)11-1-2-17-13(3-11)8-29-30-17/h1-5,8-9,14,20-21,23-25,35-37H,6-7,10H2,(H,29,30)/t14?,20-,21-,23-,24+,25+/m1/s1. The number of ether oxygens (including phenoxy) is 1. The lowest BCUT2D eigenvalue weighted by molar-refractivity contribution is -0.212. The molecule has 0 amide bonds. The molecule has 1 fully saturated rings. The summed E-state index contributed by atoms with van der Waals surface area (Å²) in [6, 6.07) is 6.13. The van der Waals surface area contributed by atoms with Gasteiger partial charge in [-0.05, 0) is 24.3 Å². The van der Waals surface area contributed by atoms with Crippen LogP contribution in [0.4, 0.5) is 13.2 Å². The zero-order valence-electron chi connectivity index (χ0n) is 20.2. The maximum absolute atomic E-state index is 13.7. The lowest BCUT2D eigenvalue weighted by Crippen LogP contribution is -2.56. The second-order valence-corrected chi connectivity index (χ2v) is 9.58. The number of hydrogen-bond donors (Lipinski definition) is 4. The summed E-state index contributed by atoms with van der Waals surface area (Å²) in [4.78, 5) is 5.61. The Kier molecular flexibility index (Phi) is 6.54. The summed E-state index contributed by atoms with van der Waals surface area (Å²) >= 11 is 0. The molecule has 204 valence electrons. The third-order valence-electron chi connectivity index (χ3n) is 7.09. The number of fused-ring (bicyclic) bond motifs is 1. The minimum Gasteiger partial charge on any atom is -0.394 e. The Labute approximate surface area is 218 Å². The van der Waals surface area contributed by atoms with Crippen LogP contribution in [0.15, 0.2) is 47.9 Å². The zero-order chi connectivity index (χ0) is 27.3. The Balaban J connectivity index is 1.19. The lowest BCUT2D eigenvalue weighted by atomic mass is 9.89. The maximum Gasteiger partial charge on any atom is 0.194 e. The van der Waals surface area contributed by atoms with E-state index in [1.807, 2.05) is 18.2 Å². The van der Waals surface area contributed by atoms with E-state index in [1.54, 1.807) is 6.20 Å². The monoisotopic (exact) mass is 544 g/mol. The van der Waals surface area contributed by atoms with E-state index in [-0.39, 0.29) is 17.7 Å². The van der Waals surface area contributed by atoms with Crippen LogP contribution in [0.25, 0.3) is 22.2 Å². The average molecular weight is 544 g/mol. The number of nitrogens with zero attached hydrogens (tertiary/aromatic N) is 5. The smallest absolute Gasteiger partial charge is 0.194 e. The third kappa shape index (κ3) is 4.65. The second kappa shape index (κ2) is 10.0. The van der Waals surface area contributed by atoms with Crippen molar-refractivity contribution in [3.63, 3.8) is 0 Å². The summed E-state index contributed by atoms with van der Waals surface area (Å²) < 4.78 is 47.8. The van der Waals surface area contributed by atoms with E-state index in [9.17, 15) is 28.5 Å². The molecule has 1 saturated heterocycles. The fraction of sp³-hybridized carbons (Fsp3) is 0.360. The zero-order valence-corrected chi connectivity index (χ0v) is 20.2. The molecule has 0 spiro atoms. The van der Waals surface area contributed by atoms with Gasteiger partial charge < -0.3 is 24.9 Å². The molecule has 14 heteroatoms. The number of aliphatic hydroxyl groups excluding tert-OH is 3. The number of rotatable bonds is 6. The number of aliphatic hydroxyl groups is 3. The van der Waals surface area contributed by atoms with Gasteiger partial charge in [0.25, 0.3) is 0 Å². The highest BCUT2D eigenvalue weighted by Crippen LogP contribution is 2.34. The molecular weight excluding hydrogens is 521 g/mol. The number of aromatic amines is 1. The van der Waals surface area contributed by atoms with E-state index in [0.717, 1.165) is 33.3 Å². The van der Waals surface area contributed by atoms with Gasteiger partial charge in [-0.3, -0.25) is 5.10 Å². The van der Waals surface area contributed by atoms with Gasteiger partial charge in [-0.15, -0.1) is 5.10 Å². The van der Waals surface area contributed by atoms with Crippen molar-refractivity contribution in [3.8, 4) is 11.3 Å². The van der Waals surface area contributed by atoms with E-state index in [4.69, 9.17) is 9.57 Å². The fourth-order valence-electron chi connectivity index (χ4n) is 5.05. The molecule has 2 aliphatic heterocycles. The van der Waals surface area contributed by atoms with Crippen molar-refractivity contribution in [3.05, 3.63) is 65.7 Å². The van der Waals surface area contributed by atoms with E-state index in [1.165, 1.54) is 6.20 Å². The molecule has 4 heterocycles. The molecule has 2 aromatic heterocycles. The first-order valence-electron chi connectivity index (χ1n) is 12.2. The summed E-state index contributed by atoms with van der Waals surface area (Å²) in [6.07, 6.45) is -1.55. The summed E-state index contributed by atoms with van der Waals surface area (Å²) in [7, 11) is 0. The normalized spacial score (nSPS) is 27.1. The Morgan fingerprint density at radius 3 is 2.56 bits per heavy atom. The minimum absolute atomic E-state index is 0.0115. The lowest BCUT2D eigenvalue weighted by Gasteiger charge is -2.42. The molecule has 39 heavy (non-hydrogen) atoms. The molecule has 6 atom stereocenters. The number of nitrogens with one attached hydrogen (secondary N) is 1. The number of H-pyrrole nitrogens is 1. The van der Waals surface area contributed by atoms with Gasteiger partial charge in [0, 0.05) is 29.4 Å². The van der Waals surface area contributed by atoms with Gasteiger partial charge in [0.05, 0.1) is 36.3 Å². The Bertz CT molecular complexity index is 1520. The van der Waals surface area contributed by atoms with Crippen LogP contribution >= 0.6 is 0 Å². The summed E-state index contributed by atoms with van der Waals surface area (Å²) in [5, 5.41) is 51.6. The summed E-state index contributed by atoms with van der Waals surface area (Å²) in [5.41, 5.74) is 2.37. The second-order valence-electron chi connectivity index (χ2n) is 9.58. The largest absolute Gasteiger partial charge is 0.394 e. The van der Waals surface area contributed by atoms with Crippen molar-refractivity contribution < 1.29 is 38.1 Å². The van der Waals surface area contributed by atoms with E-state index in [2.05, 4.69) is 25.7 Å². The first-order valence-corrected chi connectivity index (χ1v) is 12.2.